The van der Waals surface area contributed by atoms with Crippen LogP contribution in [0.1, 0.15) is 42.3 Å². The van der Waals surface area contributed by atoms with Gasteiger partial charge in [0, 0.05) is 5.56 Å². The molecule has 2 aromatic carbocycles. The minimum atomic E-state index is -4.57. The van der Waals surface area contributed by atoms with E-state index in [0.29, 0.717) is 5.56 Å². The molecule has 0 fully saturated rings. The smallest absolute Gasteiger partial charge is 0.419 e. The molecule has 0 aliphatic carbocycles. The summed E-state index contributed by atoms with van der Waals surface area (Å²) in [7, 11) is 0. The van der Waals surface area contributed by atoms with Gasteiger partial charge in [0.15, 0.2) is 0 Å². The number of rotatable bonds is 3. The van der Waals surface area contributed by atoms with E-state index in [4.69, 9.17) is 9.84 Å². The summed E-state index contributed by atoms with van der Waals surface area (Å²) in [6, 6.07) is 9.06. The Kier molecular flexibility index (Phi) is 4.60. The third-order valence-electron chi connectivity index (χ3n) is 3.45. The molecule has 0 radical (unpaired) electrons. The fourth-order valence-corrected chi connectivity index (χ4v) is 2.27. The number of para-hydroxylation sites is 1. The molecule has 6 heteroatoms. The predicted molar refractivity (Wildman–Crippen MR) is 83.6 cm³/mol. The summed E-state index contributed by atoms with van der Waals surface area (Å²) in [6.07, 6.45) is -4.57. The molecule has 2 aromatic rings. The monoisotopic (exact) mass is 338 g/mol. The number of ether oxygens (including phenoxy) is 1. The van der Waals surface area contributed by atoms with E-state index in [1.165, 1.54) is 30.3 Å². The van der Waals surface area contributed by atoms with Crippen LogP contribution in [0.4, 0.5) is 13.2 Å². The first-order valence-corrected chi connectivity index (χ1v) is 7.22. The number of carboxylic acids is 1. The third-order valence-corrected chi connectivity index (χ3v) is 3.45. The van der Waals surface area contributed by atoms with Gasteiger partial charge in [-0.15, -0.1) is 0 Å². The molecule has 0 spiro atoms. The van der Waals surface area contributed by atoms with Gasteiger partial charge in [-0.2, -0.15) is 13.2 Å². The lowest BCUT2D eigenvalue weighted by atomic mass is 9.85. The average molecular weight is 338 g/mol. The Morgan fingerprint density at radius 2 is 1.58 bits per heavy atom. The molecule has 0 saturated heterocycles. The van der Waals surface area contributed by atoms with E-state index in [9.17, 15) is 18.0 Å². The van der Waals surface area contributed by atoms with Crippen molar-refractivity contribution in [2.75, 3.05) is 0 Å². The van der Waals surface area contributed by atoms with E-state index in [1.54, 1.807) is 6.07 Å². The van der Waals surface area contributed by atoms with Crippen molar-refractivity contribution in [2.24, 2.45) is 0 Å². The number of carbonyl (C=O) groups is 1. The van der Waals surface area contributed by atoms with Crippen LogP contribution < -0.4 is 4.74 Å². The highest BCUT2D eigenvalue weighted by molar-refractivity contribution is 5.88. The Hall–Kier alpha value is -2.50. The fraction of sp³-hybridized carbons (Fsp3) is 0.278. The molecule has 0 aliphatic heterocycles. The van der Waals surface area contributed by atoms with Crippen molar-refractivity contribution >= 4 is 5.97 Å². The first kappa shape index (κ1) is 17.8. The van der Waals surface area contributed by atoms with Crippen molar-refractivity contribution in [1.29, 1.82) is 0 Å². The molecular formula is C18H17F3O3. The van der Waals surface area contributed by atoms with Gasteiger partial charge in [0.1, 0.15) is 11.5 Å². The van der Waals surface area contributed by atoms with E-state index in [-0.39, 0.29) is 17.1 Å². The van der Waals surface area contributed by atoms with Crippen LogP contribution in [0.2, 0.25) is 0 Å². The number of aromatic carboxylic acids is 1. The topological polar surface area (TPSA) is 46.5 Å². The van der Waals surface area contributed by atoms with Crippen LogP contribution in [0.3, 0.4) is 0 Å². The lowest BCUT2D eigenvalue weighted by Crippen LogP contribution is -2.14. The minimum absolute atomic E-state index is 0.0533. The van der Waals surface area contributed by atoms with Gasteiger partial charge in [0.2, 0.25) is 0 Å². The number of carboxylic acid groups (broad SMARTS) is 1. The second-order valence-electron chi connectivity index (χ2n) is 6.36. The van der Waals surface area contributed by atoms with Crippen LogP contribution in [0, 0.1) is 0 Å². The van der Waals surface area contributed by atoms with Gasteiger partial charge < -0.3 is 9.84 Å². The highest BCUT2D eigenvalue weighted by Crippen LogP contribution is 2.40. The first-order valence-electron chi connectivity index (χ1n) is 7.22. The molecule has 3 nitrogen and oxygen atoms in total. The summed E-state index contributed by atoms with van der Waals surface area (Å²) < 4.78 is 44.9. The maximum absolute atomic E-state index is 13.1. The van der Waals surface area contributed by atoms with Crippen LogP contribution in [0.5, 0.6) is 11.5 Å². The summed E-state index contributed by atoms with van der Waals surface area (Å²) in [5.74, 6) is -1.44. The highest BCUT2D eigenvalue weighted by atomic mass is 19.4. The van der Waals surface area contributed by atoms with Gasteiger partial charge in [-0.05, 0) is 29.7 Å². The van der Waals surface area contributed by atoms with E-state index < -0.39 is 23.1 Å². The van der Waals surface area contributed by atoms with Crippen LogP contribution in [-0.4, -0.2) is 11.1 Å². The van der Waals surface area contributed by atoms with Gasteiger partial charge in [-0.3, -0.25) is 0 Å². The van der Waals surface area contributed by atoms with Gasteiger partial charge in [-0.25, -0.2) is 4.79 Å². The molecule has 24 heavy (non-hydrogen) atoms. The van der Waals surface area contributed by atoms with Gasteiger partial charge in [0.05, 0.1) is 11.1 Å². The van der Waals surface area contributed by atoms with Crippen molar-refractivity contribution in [2.45, 2.75) is 32.4 Å². The first-order chi connectivity index (χ1) is 11.0. The fourth-order valence-electron chi connectivity index (χ4n) is 2.27. The summed E-state index contributed by atoms with van der Waals surface area (Å²) in [5.41, 5.74) is -0.780. The van der Waals surface area contributed by atoms with E-state index in [0.717, 1.165) is 6.07 Å². The van der Waals surface area contributed by atoms with Crippen LogP contribution in [-0.2, 0) is 11.6 Å². The van der Waals surface area contributed by atoms with Crippen molar-refractivity contribution in [1.82, 2.24) is 0 Å². The quantitative estimate of drug-likeness (QED) is 0.804. The molecule has 128 valence electrons. The van der Waals surface area contributed by atoms with Crippen molar-refractivity contribution in [3.63, 3.8) is 0 Å². The number of hydrogen-bond acceptors (Lipinski definition) is 2. The Labute approximate surface area is 137 Å². The van der Waals surface area contributed by atoms with Crippen molar-refractivity contribution in [3.8, 4) is 11.5 Å². The molecule has 0 unspecified atom stereocenters. The lowest BCUT2D eigenvalue weighted by Gasteiger charge is -2.24. The summed E-state index contributed by atoms with van der Waals surface area (Å²) in [5, 5.41) is 9.12. The third kappa shape index (κ3) is 3.88. The molecular weight excluding hydrogens is 321 g/mol. The molecule has 0 heterocycles. The van der Waals surface area contributed by atoms with Crippen molar-refractivity contribution < 1.29 is 27.8 Å². The number of halogens is 3. The Morgan fingerprint density at radius 1 is 0.958 bits per heavy atom. The zero-order valence-corrected chi connectivity index (χ0v) is 13.4. The SMILES string of the molecule is CC(C)(C)c1ccc(C(=O)O)cc1Oc1ccccc1C(F)(F)F. The summed E-state index contributed by atoms with van der Waals surface area (Å²) in [6.45, 7) is 5.60. The lowest BCUT2D eigenvalue weighted by molar-refractivity contribution is -0.138. The second kappa shape index (κ2) is 6.19. The van der Waals surface area contributed by atoms with E-state index in [1.807, 2.05) is 20.8 Å². The highest BCUT2D eigenvalue weighted by Gasteiger charge is 2.34. The second-order valence-corrected chi connectivity index (χ2v) is 6.36. The van der Waals surface area contributed by atoms with E-state index in [2.05, 4.69) is 0 Å². The molecule has 0 bridgehead atoms. The zero-order valence-electron chi connectivity index (χ0n) is 13.4. The van der Waals surface area contributed by atoms with Crippen LogP contribution in [0.15, 0.2) is 42.5 Å². The molecule has 0 amide bonds. The summed E-state index contributed by atoms with van der Waals surface area (Å²) in [4.78, 5) is 11.2. The maximum atomic E-state index is 13.1. The van der Waals surface area contributed by atoms with Crippen LogP contribution in [0.25, 0.3) is 0 Å². The predicted octanol–water partition coefficient (Wildman–Crippen LogP) is 5.49. The summed E-state index contributed by atoms with van der Waals surface area (Å²) >= 11 is 0. The standard InChI is InChI=1S/C18H17F3O3/c1-17(2,3)12-9-8-11(16(22)23)10-15(12)24-14-7-5-4-6-13(14)18(19,20)21/h4-10H,1-3H3,(H,22,23). The molecule has 0 aliphatic rings. The average Bonchev–Trinajstić information content (AvgIpc) is 2.45. The minimum Gasteiger partial charge on any atom is -0.478 e. The van der Waals surface area contributed by atoms with Crippen molar-refractivity contribution in [3.05, 3.63) is 59.2 Å². The molecule has 1 N–H and O–H groups in total. The number of alkyl halides is 3. The maximum Gasteiger partial charge on any atom is 0.419 e. The van der Waals surface area contributed by atoms with Gasteiger partial charge in [-0.1, -0.05) is 39.0 Å². The molecule has 0 aromatic heterocycles. The normalized spacial score (nSPS) is 12.1. The van der Waals surface area contributed by atoms with E-state index >= 15 is 0 Å². The van der Waals surface area contributed by atoms with Crippen LogP contribution >= 0.6 is 0 Å². The molecule has 2 rings (SSSR count). The van der Waals surface area contributed by atoms with Gasteiger partial charge in [0.25, 0.3) is 0 Å². The zero-order chi connectivity index (χ0) is 18.1. The number of benzene rings is 2. The van der Waals surface area contributed by atoms with Gasteiger partial charge >= 0.3 is 12.1 Å². The largest absolute Gasteiger partial charge is 0.478 e. The molecule has 0 saturated carbocycles. The number of hydrogen-bond donors (Lipinski definition) is 1. The Bertz CT molecular complexity index is 759. The Morgan fingerprint density at radius 3 is 2.12 bits per heavy atom. The Balaban J connectivity index is 2.57. The molecule has 0 atom stereocenters.